The molecule has 0 bridgehead atoms. The standard InChI is InChI=1S/C16H22N4O6S2/c1-27(22,23)26-20(28(24,25)15-7-3-2-4-8-15)11-9-18-13-16(21)19-10-5-6-14(19)12-17/h2-4,7-8,14,18H,5-6,9-11,13H2,1H3. The summed E-state index contributed by atoms with van der Waals surface area (Å²) in [5.41, 5.74) is 0. The largest absolute Gasteiger partial charge is 0.326 e. The maximum atomic E-state index is 12.6. The van der Waals surface area contributed by atoms with Crippen molar-refractivity contribution >= 4 is 26.0 Å². The summed E-state index contributed by atoms with van der Waals surface area (Å²) in [4.78, 5) is 13.5. The molecule has 1 aliphatic heterocycles. The van der Waals surface area contributed by atoms with Gasteiger partial charge in [-0.15, -0.1) is 0 Å². The molecular weight excluding hydrogens is 408 g/mol. The van der Waals surface area contributed by atoms with Crippen molar-refractivity contribution in [2.24, 2.45) is 0 Å². The number of hydroxylamine groups is 1. The highest BCUT2D eigenvalue weighted by Gasteiger charge is 2.30. The fourth-order valence-corrected chi connectivity index (χ4v) is 4.82. The lowest BCUT2D eigenvalue weighted by atomic mass is 10.2. The third-order valence-electron chi connectivity index (χ3n) is 4.00. The van der Waals surface area contributed by atoms with Crippen LogP contribution in [0.2, 0.25) is 0 Å². The Balaban J connectivity index is 1.98. The minimum absolute atomic E-state index is 0.0294. The number of rotatable bonds is 9. The molecule has 1 fully saturated rings. The highest BCUT2D eigenvalue weighted by atomic mass is 32.2. The zero-order chi connectivity index (χ0) is 20.8. The van der Waals surface area contributed by atoms with Crippen LogP contribution in [0.3, 0.4) is 0 Å². The van der Waals surface area contributed by atoms with Crippen LogP contribution in [0, 0.1) is 11.3 Å². The van der Waals surface area contributed by atoms with Crippen molar-refractivity contribution in [3.63, 3.8) is 0 Å². The van der Waals surface area contributed by atoms with Crippen molar-refractivity contribution in [3.8, 4) is 6.07 Å². The van der Waals surface area contributed by atoms with Crippen LogP contribution in [0.25, 0.3) is 0 Å². The number of carbonyl (C=O) groups excluding carboxylic acids is 1. The lowest BCUT2D eigenvalue weighted by molar-refractivity contribution is -0.130. The summed E-state index contributed by atoms with van der Waals surface area (Å²) in [6, 6.07) is 8.90. The molecule has 1 aromatic rings. The van der Waals surface area contributed by atoms with Crippen molar-refractivity contribution < 1.29 is 25.9 Å². The number of hydrogen-bond acceptors (Lipinski definition) is 8. The van der Waals surface area contributed by atoms with Gasteiger partial charge in [0.05, 0.1) is 30.3 Å². The van der Waals surface area contributed by atoms with E-state index in [-0.39, 0.29) is 30.4 Å². The van der Waals surface area contributed by atoms with E-state index in [1.54, 1.807) is 6.07 Å². The van der Waals surface area contributed by atoms with Crippen LogP contribution in [0.15, 0.2) is 35.2 Å². The van der Waals surface area contributed by atoms with E-state index in [4.69, 9.17) is 5.26 Å². The second-order valence-electron chi connectivity index (χ2n) is 6.17. The molecule has 12 heteroatoms. The van der Waals surface area contributed by atoms with Gasteiger partial charge >= 0.3 is 0 Å². The average Bonchev–Trinajstić information content (AvgIpc) is 3.12. The van der Waals surface area contributed by atoms with Gasteiger partial charge in [-0.05, 0) is 25.0 Å². The Morgan fingerprint density at radius 3 is 2.61 bits per heavy atom. The quantitative estimate of drug-likeness (QED) is 0.415. The first-order valence-electron chi connectivity index (χ1n) is 8.52. The third kappa shape index (κ3) is 5.98. The molecule has 0 radical (unpaired) electrons. The summed E-state index contributed by atoms with van der Waals surface area (Å²) in [7, 11) is -8.29. The number of hydrogen-bond donors (Lipinski definition) is 1. The first-order chi connectivity index (χ1) is 13.1. The highest BCUT2D eigenvalue weighted by molar-refractivity contribution is 7.90. The topological polar surface area (TPSA) is 137 Å². The Kier molecular flexibility index (Phi) is 7.50. The van der Waals surface area contributed by atoms with Crippen molar-refractivity contribution in [1.82, 2.24) is 14.7 Å². The molecule has 2 rings (SSSR count). The van der Waals surface area contributed by atoms with E-state index in [0.717, 1.165) is 12.7 Å². The van der Waals surface area contributed by atoms with Gasteiger partial charge in [0.25, 0.3) is 20.1 Å². The van der Waals surface area contributed by atoms with Gasteiger partial charge in [-0.3, -0.25) is 4.79 Å². The van der Waals surface area contributed by atoms with Gasteiger partial charge < -0.3 is 10.2 Å². The van der Waals surface area contributed by atoms with E-state index in [9.17, 15) is 21.6 Å². The van der Waals surface area contributed by atoms with E-state index < -0.39 is 26.2 Å². The number of nitrogens with one attached hydrogen (secondary N) is 1. The zero-order valence-electron chi connectivity index (χ0n) is 15.3. The van der Waals surface area contributed by atoms with Gasteiger partial charge in [0.1, 0.15) is 6.04 Å². The Bertz CT molecular complexity index is 928. The molecule has 1 aromatic carbocycles. The predicted octanol–water partition coefficient (Wildman–Crippen LogP) is -0.327. The van der Waals surface area contributed by atoms with Crippen molar-refractivity contribution in [2.75, 3.05) is 32.4 Å². The summed E-state index contributed by atoms with van der Waals surface area (Å²) in [6.07, 6.45) is 2.13. The molecule has 10 nitrogen and oxygen atoms in total. The molecule has 1 unspecified atom stereocenters. The van der Waals surface area contributed by atoms with Gasteiger partial charge in [-0.1, -0.05) is 22.7 Å². The number of benzene rings is 1. The fraction of sp³-hybridized carbons (Fsp3) is 0.500. The van der Waals surface area contributed by atoms with Gasteiger partial charge in [-0.25, -0.2) is 8.42 Å². The number of carbonyl (C=O) groups is 1. The number of nitrogens with zero attached hydrogens (tertiary/aromatic N) is 3. The molecule has 28 heavy (non-hydrogen) atoms. The molecule has 0 spiro atoms. The number of amides is 1. The van der Waals surface area contributed by atoms with Crippen molar-refractivity contribution in [1.29, 1.82) is 5.26 Å². The second kappa shape index (κ2) is 9.44. The smallest absolute Gasteiger partial charge is 0.281 e. The maximum Gasteiger partial charge on any atom is 0.281 e. The van der Waals surface area contributed by atoms with Gasteiger partial charge in [0.2, 0.25) is 5.91 Å². The number of nitriles is 1. The second-order valence-corrected chi connectivity index (χ2v) is 9.56. The van der Waals surface area contributed by atoms with Crippen LogP contribution in [0.4, 0.5) is 0 Å². The Hall–Kier alpha value is -2.04. The van der Waals surface area contributed by atoms with Crippen LogP contribution in [-0.2, 0) is 29.2 Å². The van der Waals surface area contributed by atoms with Gasteiger partial charge in [0, 0.05) is 13.1 Å². The van der Waals surface area contributed by atoms with Crippen LogP contribution in [0.5, 0.6) is 0 Å². The minimum Gasteiger partial charge on any atom is -0.326 e. The Morgan fingerprint density at radius 2 is 2.00 bits per heavy atom. The first-order valence-corrected chi connectivity index (χ1v) is 11.8. The van der Waals surface area contributed by atoms with Crippen LogP contribution >= 0.6 is 0 Å². The molecule has 1 saturated heterocycles. The zero-order valence-corrected chi connectivity index (χ0v) is 16.9. The first kappa shape index (κ1) is 22.3. The van der Waals surface area contributed by atoms with Crippen LogP contribution in [0.1, 0.15) is 12.8 Å². The monoisotopic (exact) mass is 430 g/mol. The number of sulfonamides is 1. The minimum atomic E-state index is -4.21. The molecule has 0 saturated carbocycles. The molecule has 154 valence electrons. The Morgan fingerprint density at radius 1 is 1.32 bits per heavy atom. The fourth-order valence-electron chi connectivity index (χ4n) is 2.73. The summed E-state index contributed by atoms with van der Waals surface area (Å²) < 4.78 is 53.2. The normalized spacial score (nSPS) is 17.6. The number of likely N-dealkylation sites (tertiary alicyclic amines) is 1. The van der Waals surface area contributed by atoms with Crippen LogP contribution < -0.4 is 5.32 Å². The molecule has 1 aliphatic rings. The summed E-state index contributed by atoms with van der Waals surface area (Å²) in [5.74, 6) is -0.273. The summed E-state index contributed by atoms with van der Waals surface area (Å²) >= 11 is 0. The molecule has 1 amide bonds. The van der Waals surface area contributed by atoms with Gasteiger partial charge in [-0.2, -0.15) is 18.0 Å². The third-order valence-corrected chi connectivity index (χ3v) is 6.20. The summed E-state index contributed by atoms with van der Waals surface area (Å²) in [6.45, 7) is 0.0400. The van der Waals surface area contributed by atoms with E-state index in [0.29, 0.717) is 17.4 Å². The molecular formula is C16H22N4O6S2. The molecule has 0 aliphatic carbocycles. The highest BCUT2D eigenvalue weighted by Crippen LogP contribution is 2.17. The average molecular weight is 431 g/mol. The van der Waals surface area contributed by atoms with E-state index >= 15 is 0 Å². The lowest BCUT2D eigenvalue weighted by Crippen LogP contribution is -2.43. The van der Waals surface area contributed by atoms with Crippen LogP contribution in [-0.4, -0.2) is 70.6 Å². The van der Waals surface area contributed by atoms with Crippen molar-refractivity contribution in [2.45, 2.75) is 23.8 Å². The molecule has 1 atom stereocenters. The molecule has 1 N–H and O–H groups in total. The van der Waals surface area contributed by atoms with Gasteiger partial charge in [0.15, 0.2) is 0 Å². The molecule has 1 heterocycles. The van der Waals surface area contributed by atoms with E-state index in [1.807, 2.05) is 0 Å². The Labute approximate surface area is 164 Å². The summed E-state index contributed by atoms with van der Waals surface area (Å²) in [5, 5.41) is 11.8. The van der Waals surface area contributed by atoms with Crippen molar-refractivity contribution in [3.05, 3.63) is 30.3 Å². The maximum absolute atomic E-state index is 12.6. The van der Waals surface area contributed by atoms with E-state index in [2.05, 4.69) is 15.7 Å². The van der Waals surface area contributed by atoms with E-state index in [1.165, 1.54) is 29.2 Å². The molecule has 0 aromatic heterocycles. The SMILES string of the molecule is CS(=O)(=O)ON(CCNCC(=O)N1CCCC1C#N)S(=O)(=O)c1ccccc1. The predicted molar refractivity (Wildman–Crippen MR) is 99.5 cm³/mol. The lowest BCUT2D eigenvalue weighted by Gasteiger charge is -2.21.